The van der Waals surface area contributed by atoms with E-state index < -0.39 is 0 Å². The fraction of sp³-hybridized carbons (Fsp3) is 0.333. The van der Waals surface area contributed by atoms with E-state index in [0.717, 1.165) is 24.7 Å². The molecule has 92 heavy (non-hydrogen) atoms. The van der Waals surface area contributed by atoms with Crippen molar-refractivity contribution in [3.63, 3.8) is 0 Å². The first kappa shape index (κ1) is 60.1. The van der Waals surface area contributed by atoms with Gasteiger partial charge in [-0.05, 0) is 239 Å². The number of rotatable bonds is 16. The molecule has 5 aliphatic carbocycles. The van der Waals surface area contributed by atoms with Gasteiger partial charge >= 0.3 is 0 Å². The highest BCUT2D eigenvalue weighted by Gasteiger charge is 2.36. The zero-order valence-corrected chi connectivity index (χ0v) is 54.5. The van der Waals surface area contributed by atoms with Crippen LogP contribution in [0.4, 0.5) is 34.1 Å². The van der Waals surface area contributed by atoms with Gasteiger partial charge < -0.3 is 9.80 Å². The molecule has 0 aliphatic heterocycles. The summed E-state index contributed by atoms with van der Waals surface area (Å²) in [4.78, 5) is 4.97. The molecule has 0 heterocycles. The molecule has 10 aromatic carbocycles. The predicted molar refractivity (Wildman–Crippen MR) is 391 cm³/mol. The Morgan fingerprint density at radius 3 is 0.598 bits per heavy atom. The molecule has 0 unspecified atom stereocenters. The molecule has 0 amide bonds. The molecule has 0 radical (unpaired) electrons. The third-order valence-electron chi connectivity index (χ3n) is 22.8. The largest absolute Gasteiger partial charge is 0.311 e. The molecule has 464 valence electrons. The first-order valence-electron chi connectivity index (χ1n) is 36.2. The van der Waals surface area contributed by atoms with Crippen LogP contribution in [0.1, 0.15) is 218 Å². The third kappa shape index (κ3) is 13.1. The van der Waals surface area contributed by atoms with E-state index in [1.54, 1.807) is 0 Å². The van der Waals surface area contributed by atoms with Crippen LogP contribution in [0, 0.1) is 0 Å². The average Bonchev–Trinajstić information content (AvgIpc) is 0.869. The lowest BCUT2D eigenvalue weighted by atomic mass is 9.65. The van der Waals surface area contributed by atoms with E-state index in [4.69, 9.17) is 0 Å². The van der Waals surface area contributed by atoms with Gasteiger partial charge in [-0.2, -0.15) is 0 Å². The normalized spacial score (nSPS) is 17.7. The van der Waals surface area contributed by atoms with Gasteiger partial charge in [0.15, 0.2) is 0 Å². The Morgan fingerprint density at radius 1 is 0.185 bits per heavy atom. The Hall–Kier alpha value is -8.20. The lowest BCUT2D eigenvalue weighted by molar-refractivity contribution is 0.346. The highest BCUT2D eigenvalue weighted by molar-refractivity contribution is 5.81. The van der Waals surface area contributed by atoms with Crippen molar-refractivity contribution in [1.82, 2.24) is 0 Å². The molecule has 0 aromatic heterocycles. The van der Waals surface area contributed by atoms with Gasteiger partial charge in [-0.25, -0.2) is 0 Å². The first-order valence-corrected chi connectivity index (χ1v) is 36.2. The van der Waals surface area contributed by atoms with Gasteiger partial charge in [-0.3, -0.25) is 0 Å². The van der Waals surface area contributed by atoms with Crippen LogP contribution < -0.4 is 9.80 Å². The Kier molecular flexibility index (Phi) is 18.2. The second kappa shape index (κ2) is 27.9. The molecular formula is C90H94N2. The number of benzene rings is 10. The molecular weight excluding hydrogens is 1110 g/mol. The Morgan fingerprint density at radius 2 is 0.359 bits per heavy atom. The molecule has 15 rings (SSSR count). The minimum absolute atomic E-state index is 0.0700. The summed E-state index contributed by atoms with van der Waals surface area (Å²) in [6.45, 7) is 0. The van der Waals surface area contributed by atoms with Crippen LogP contribution >= 0.6 is 0 Å². The molecule has 2 nitrogen and oxygen atoms in total. The summed E-state index contributed by atoms with van der Waals surface area (Å²) in [5, 5.41) is 0. The molecule has 5 aliphatic rings. The predicted octanol–water partition coefficient (Wildman–Crippen LogP) is 26.7. The third-order valence-corrected chi connectivity index (χ3v) is 22.8. The van der Waals surface area contributed by atoms with Crippen molar-refractivity contribution >= 4 is 34.1 Å². The highest BCUT2D eigenvalue weighted by Crippen LogP contribution is 2.49. The topological polar surface area (TPSA) is 6.48 Å². The van der Waals surface area contributed by atoms with Crippen molar-refractivity contribution < 1.29 is 0 Å². The first-order chi connectivity index (χ1) is 45.5. The molecule has 0 bridgehead atoms. The number of nitrogens with zero attached hydrogens (tertiary/aromatic N) is 2. The van der Waals surface area contributed by atoms with Crippen molar-refractivity contribution in [2.24, 2.45) is 0 Å². The highest BCUT2D eigenvalue weighted by atomic mass is 15.1. The fourth-order valence-electron chi connectivity index (χ4n) is 17.4. The Balaban J connectivity index is 0.701. The van der Waals surface area contributed by atoms with E-state index >= 15 is 0 Å². The summed E-state index contributed by atoms with van der Waals surface area (Å²) in [6.07, 6.45) is 33.0. The van der Waals surface area contributed by atoms with E-state index in [1.165, 1.54) is 260 Å². The van der Waals surface area contributed by atoms with Crippen molar-refractivity contribution in [3.05, 3.63) is 276 Å². The average molecular weight is 1200 g/mol. The van der Waals surface area contributed by atoms with Crippen LogP contribution in [0.2, 0.25) is 0 Å². The van der Waals surface area contributed by atoms with Gasteiger partial charge in [-0.1, -0.05) is 266 Å². The zero-order chi connectivity index (χ0) is 61.5. The van der Waals surface area contributed by atoms with E-state index in [-0.39, 0.29) is 5.41 Å². The van der Waals surface area contributed by atoms with E-state index in [1.807, 2.05) is 0 Å². The molecule has 0 saturated heterocycles. The van der Waals surface area contributed by atoms with Gasteiger partial charge in [0.1, 0.15) is 0 Å². The van der Waals surface area contributed by atoms with Gasteiger partial charge in [0.05, 0.1) is 0 Å². The minimum atomic E-state index is -0.0700. The number of hydrogen-bond donors (Lipinski definition) is 0. The van der Waals surface area contributed by atoms with Crippen LogP contribution in [0.15, 0.2) is 243 Å². The summed E-state index contributed by atoms with van der Waals surface area (Å²) in [5.41, 5.74) is 26.0. The van der Waals surface area contributed by atoms with Gasteiger partial charge in [0, 0.05) is 39.5 Å². The molecule has 5 fully saturated rings. The monoisotopic (exact) mass is 1200 g/mol. The summed E-state index contributed by atoms with van der Waals surface area (Å²) < 4.78 is 0. The quantitative estimate of drug-likeness (QED) is 0.0951. The standard InChI is InChI=1S/C90H94N2/c1-6-16-66(17-7-1)70-24-28-72(29-25-70)74-32-36-76(37-33-74)80-44-56-86(57-45-80)91(84-52-40-78(41-53-84)68-20-10-3-11-21-68)88-60-48-82(49-61-88)90(64-14-5-15-65-90)83-50-62-89(63-51-83)92(85-54-42-79(43-55-85)69-22-12-4-13-23-69)87-58-46-81(47-59-87)77-38-34-75(35-39-77)73-30-26-71(27-31-73)67-18-8-2-9-19-67/h24-63,66-69H,1-23,64-65H2. The second-order valence-electron chi connectivity index (χ2n) is 28.4. The smallest absolute Gasteiger partial charge is 0.0462 e. The second-order valence-corrected chi connectivity index (χ2v) is 28.4. The molecule has 5 saturated carbocycles. The van der Waals surface area contributed by atoms with E-state index in [2.05, 4.69) is 252 Å². The Bertz CT molecular complexity index is 3680. The zero-order valence-electron chi connectivity index (χ0n) is 54.5. The minimum Gasteiger partial charge on any atom is -0.311 e. The van der Waals surface area contributed by atoms with Gasteiger partial charge in [-0.15, -0.1) is 0 Å². The molecule has 10 aromatic rings. The Labute approximate surface area is 550 Å². The summed E-state index contributed by atoms with van der Waals surface area (Å²) in [6, 6.07) is 94.7. The lowest BCUT2D eigenvalue weighted by Crippen LogP contribution is -2.30. The van der Waals surface area contributed by atoms with Crippen molar-refractivity contribution in [2.45, 2.75) is 190 Å². The van der Waals surface area contributed by atoms with Crippen LogP contribution in [0.3, 0.4) is 0 Å². The van der Waals surface area contributed by atoms with Gasteiger partial charge in [0.2, 0.25) is 0 Å². The van der Waals surface area contributed by atoms with E-state index in [0.29, 0.717) is 11.8 Å². The van der Waals surface area contributed by atoms with Gasteiger partial charge in [0.25, 0.3) is 0 Å². The van der Waals surface area contributed by atoms with Crippen molar-refractivity contribution in [1.29, 1.82) is 0 Å². The maximum absolute atomic E-state index is 2.48. The number of anilines is 6. The maximum atomic E-state index is 2.48. The van der Waals surface area contributed by atoms with Crippen LogP contribution in [-0.2, 0) is 5.41 Å². The molecule has 0 spiro atoms. The van der Waals surface area contributed by atoms with E-state index in [9.17, 15) is 0 Å². The van der Waals surface area contributed by atoms with Crippen molar-refractivity contribution in [2.75, 3.05) is 9.80 Å². The molecule has 0 N–H and O–H groups in total. The summed E-state index contributed by atoms with van der Waals surface area (Å²) in [5.74, 6) is 2.79. The molecule has 0 atom stereocenters. The van der Waals surface area contributed by atoms with Crippen molar-refractivity contribution in [3.8, 4) is 44.5 Å². The summed E-state index contributed by atoms with van der Waals surface area (Å²) >= 11 is 0. The maximum Gasteiger partial charge on any atom is 0.0462 e. The van der Waals surface area contributed by atoms with Crippen LogP contribution in [0.25, 0.3) is 44.5 Å². The van der Waals surface area contributed by atoms with Crippen LogP contribution in [0.5, 0.6) is 0 Å². The fourth-order valence-corrected chi connectivity index (χ4v) is 17.4. The summed E-state index contributed by atoms with van der Waals surface area (Å²) in [7, 11) is 0. The SMILES string of the molecule is c1cc(-c2ccc(N(c3ccc(C4CCCCC4)cc3)c3ccc(C4(c5ccc(N(c6ccc(-c7ccc(-c8ccc(C9CCCCC9)cc8)cc7)cc6)c6ccc(C7CCCCC7)cc6)cc5)CCCCC4)cc3)cc2)ccc1-c1ccc(C2CCCCC2)cc1. The lowest BCUT2D eigenvalue weighted by Gasteiger charge is -2.39. The molecule has 2 heteroatoms. The van der Waals surface area contributed by atoms with Crippen LogP contribution in [-0.4, -0.2) is 0 Å². The number of hydrogen-bond acceptors (Lipinski definition) is 2.